The lowest BCUT2D eigenvalue weighted by atomic mass is 10.1. The maximum Gasteiger partial charge on any atom is 0.249 e. The van der Waals surface area contributed by atoms with E-state index < -0.39 is 0 Å². The quantitative estimate of drug-likeness (QED) is 0.635. The Balaban J connectivity index is 1.74. The molecule has 0 unspecified atom stereocenters. The lowest BCUT2D eigenvalue weighted by molar-refractivity contribution is 0.866. The van der Waals surface area contributed by atoms with Crippen LogP contribution in [-0.4, -0.2) is 28.3 Å². The zero-order chi connectivity index (χ0) is 19.9. The molecule has 0 fully saturated rings. The van der Waals surface area contributed by atoms with E-state index in [1.54, 1.807) is 30.5 Å². The molecular weight excluding hydrogens is 350 g/mol. The number of nitriles is 1. The number of aromatic nitrogens is 3. The van der Waals surface area contributed by atoms with E-state index in [0.29, 0.717) is 17.3 Å². The summed E-state index contributed by atoms with van der Waals surface area (Å²) >= 11 is 0. The fourth-order valence-corrected chi connectivity index (χ4v) is 2.89. The molecule has 2 aromatic carbocycles. The summed E-state index contributed by atoms with van der Waals surface area (Å²) in [6.07, 6.45) is 1.59. The van der Waals surface area contributed by atoms with Crippen molar-refractivity contribution >= 4 is 28.8 Å². The molecule has 3 rings (SSSR count). The Labute approximate surface area is 165 Å². The fraction of sp³-hybridized carbons (Fsp3) is 0.238. The monoisotopic (exact) mass is 373 g/mol. The summed E-state index contributed by atoms with van der Waals surface area (Å²) in [4.78, 5) is 6.77. The molecule has 142 valence electrons. The Morgan fingerprint density at radius 1 is 1.04 bits per heavy atom. The van der Waals surface area contributed by atoms with Crippen LogP contribution in [0.25, 0.3) is 0 Å². The molecule has 1 heterocycles. The Bertz CT molecular complexity index is 973. The highest BCUT2D eigenvalue weighted by atomic mass is 15.3. The van der Waals surface area contributed by atoms with E-state index in [2.05, 4.69) is 75.8 Å². The number of hydrogen-bond acceptors (Lipinski definition) is 7. The smallest absolute Gasteiger partial charge is 0.249 e. The van der Waals surface area contributed by atoms with E-state index >= 15 is 0 Å². The second-order valence-corrected chi connectivity index (χ2v) is 6.28. The molecule has 0 amide bonds. The van der Waals surface area contributed by atoms with Crippen molar-refractivity contribution in [2.24, 2.45) is 0 Å². The molecule has 0 aliphatic rings. The first-order valence-corrected chi connectivity index (χ1v) is 9.22. The van der Waals surface area contributed by atoms with Gasteiger partial charge in [-0.3, -0.25) is 0 Å². The highest BCUT2D eigenvalue weighted by molar-refractivity contribution is 5.65. The van der Waals surface area contributed by atoms with Crippen molar-refractivity contribution in [3.05, 3.63) is 59.8 Å². The average Bonchev–Trinajstić information content (AvgIpc) is 2.72. The summed E-state index contributed by atoms with van der Waals surface area (Å²) < 4.78 is 0. The van der Waals surface area contributed by atoms with Gasteiger partial charge in [-0.05, 0) is 68.8 Å². The van der Waals surface area contributed by atoms with Crippen LogP contribution in [0, 0.1) is 18.3 Å². The zero-order valence-electron chi connectivity index (χ0n) is 16.3. The van der Waals surface area contributed by atoms with Gasteiger partial charge in [0.25, 0.3) is 0 Å². The van der Waals surface area contributed by atoms with Gasteiger partial charge in [-0.25, -0.2) is 0 Å². The molecule has 0 spiro atoms. The first-order valence-electron chi connectivity index (χ1n) is 9.22. The molecule has 0 atom stereocenters. The largest absolute Gasteiger partial charge is 0.372 e. The van der Waals surface area contributed by atoms with Crippen molar-refractivity contribution in [3.8, 4) is 6.07 Å². The summed E-state index contributed by atoms with van der Waals surface area (Å²) in [6.45, 7) is 8.32. The predicted molar refractivity (Wildman–Crippen MR) is 112 cm³/mol. The number of anilines is 5. The number of benzene rings is 2. The van der Waals surface area contributed by atoms with Crippen molar-refractivity contribution in [2.45, 2.75) is 20.8 Å². The van der Waals surface area contributed by atoms with Gasteiger partial charge in [0.2, 0.25) is 5.95 Å². The SMILES string of the molecule is CCN(CC)c1ccc(Nc2cnnc(Nc3ccc(C#N)cc3)n2)c(C)c1. The predicted octanol–water partition coefficient (Wildman–Crippen LogP) is 4.39. The van der Waals surface area contributed by atoms with E-state index in [9.17, 15) is 0 Å². The van der Waals surface area contributed by atoms with Gasteiger partial charge in [0.05, 0.1) is 17.8 Å². The van der Waals surface area contributed by atoms with Crippen LogP contribution in [-0.2, 0) is 0 Å². The maximum atomic E-state index is 8.88. The molecule has 0 aliphatic heterocycles. The van der Waals surface area contributed by atoms with Gasteiger partial charge in [0, 0.05) is 30.2 Å². The van der Waals surface area contributed by atoms with E-state index in [4.69, 9.17) is 5.26 Å². The normalized spacial score (nSPS) is 10.2. The molecule has 28 heavy (non-hydrogen) atoms. The van der Waals surface area contributed by atoms with Crippen LogP contribution in [0.4, 0.5) is 28.8 Å². The Kier molecular flexibility index (Phi) is 6.02. The third-order valence-electron chi connectivity index (χ3n) is 4.43. The number of nitrogens with one attached hydrogen (secondary N) is 2. The summed E-state index contributed by atoms with van der Waals surface area (Å²) in [5, 5.41) is 23.3. The molecule has 0 saturated heterocycles. The van der Waals surface area contributed by atoms with Crippen molar-refractivity contribution in [1.82, 2.24) is 15.2 Å². The van der Waals surface area contributed by atoms with E-state index in [1.165, 1.54) is 5.69 Å². The minimum atomic E-state index is 0.382. The Morgan fingerprint density at radius 3 is 2.43 bits per heavy atom. The molecular formula is C21H23N7. The van der Waals surface area contributed by atoms with E-state index in [0.717, 1.165) is 30.0 Å². The van der Waals surface area contributed by atoms with Gasteiger partial charge in [-0.1, -0.05) is 0 Å². The number of nitrogens with zero attached hydrogens (tertiary/aromatic N) is 5. The standard InChI is InChI=1S/C21H23N7/c1-4-28(5-2)18-10-11-19(15(3)12-18)25-20-14-23-27-21(26-20)24-17-8-6-16(13-22)7-9-17/h6-12,14H,4-5H2,1-3H3,(H2,24,25,26,27). The van der Waals surface area contributed by atoms with Crippen LogP contribution in [0.15, 0.2) is 48.7 Å². The molecule has 0 saturated carbocycles. The molecule has 0 radical (unpaired) electrons. The van der Waals surface area contributed by atoms with Crippen LogP contribution >= 0.6 is 0 Å². The summed E-state index contributed by atoms with van der Waals surface area (Å²) in [5.41, 5.74) is 4.70. The first-order chi connectivity index (χ1) is 13.6. The summed E-state index contributed by atoms with van der Waals surface area (Å²) in [7, 11) is 0. The second kappa shape index (κ2) is 8.82. The van der Waals surface area contributed by atoms with Gasteiger partial charge in [-0.2, -0.15) is 15.3 Å². The van der Waals surface area contributed by atoms with Crippen molar-refractivity contribution in [3.63, 3.8) is 0 Å². The topological polar surface area (TPSA) is 89.8 Å². The third-order valence-corrected chi connectivity index (χ3v) is 4.43. The van der Waals surface area contributed by atoms with Crippen molar-refractivity contribution in [2.75, 3.05) is 28.6 Å². The number of aryl methyl sites for hydroxylation is 1. The van der Waals surface area contributed by atoms with Crippen LogP contribution in [0.5, 0.6) is 0 Å². The third kappa shape index (κ3) is 4.54. The van der Waals surface area contributed by atoms with Crippen LogP contribution in [0.3, 0.4) is 0 Å². The minimum Gasteiger partial charge on any atom is -0.372 e. The van der Waals surface area contributed by atoms with Crippen LogP contribution < -0.4 is 15.5 Å². The number of hydrogen-bond donors (Lipinski definition) is 2. The lowest BCUT2D eigenvalue weighted by Crippen LogP contribution is -2.21. The molecule has 7 nitrogen and oxygen atoms in total. The van der Waals surface area contributed by atoms with E-state index in [1.807, 2.05) is 0 Å². The average molecular weight is 373 g/mol. The summed E-state index contributed by atoms with van der Waals surface area (Å²) in [6, 6.07) is 15.5. The first kappa shape index (κ1) is 19.1. The zero-order valence-corrected chi connectivity index (χ0v) is 16.3. The maximum absolute atomic E-state index is 8.88. The van der Waals surface area contributed by atoms with Gasteiger partial charge >= 0.3 is 0 Å². The second-order valence-electron chi connectivity index (χ2n) is 6.28. The van der Waals surface area contributed by atoms with Crippen molar-refractivity contribution < 1.29 is 0 Å². The van der Waals surface area contributed by atoms with Gasteiger partial charge in [0.1, 0.15) is 0 Å². The lowest BCUT2D eigenvalue weighted by Gasteiger charge is -2.22. The molecule has 2 N–H and O–H groups in total. The Hall–Kier alpha value is -3.66. The van der Waals surface area contributed by atoms with E-state index in [-0.39, 0.29) is 0 Å². The van der Waals surface area contributed by atoms with Gasteiger partial charge in [-0.15, -0.1) is 5.10 Å². The molecule has 3 aromatic rings. The highest BCUT2D eigenvalue weighted by Crippen LogP contribution is 2.25. The highest BCUT2D eigenvalue weighted by Gasteiger charge is 2.07. The molecule has 7 heteroatoms. The summed E-state index contributed by atoms with van der Waals surface area (Å²) in [5.74, 6) is 0.983. The van der Waals surface area contributed by atoms with Crippen LogP contribution in [0.2, 0.25) is 0 Å². The fourth-order valence-electron chi connectivity index (χ4n) is 2.89. The minimum absolute atomic E-state index is 0.382. The molecule has 0 aliphatic carbocycles. The molecule has 0 bridgehead atoms. The van der Waals surface area contributed by atoms with Gasteiger partial charge < -0.3 is 15.5 Å². The Morgan fingerprint density at radius 2 is 1.79 bits per heavy atom. The van der Waals surface area contributed by atoms with Crippen LogP contribution in [0.1, 0.15) is 25.0 Å². The van der Waals surface area contributed by atoms with Crippen molar-refractivity contribution in [1.29, 1.82) is 5.26 Å². The molecule has 1 aromatic heterocycles. The van der Waals surface area contributed by atoms with Gasteiger partial charge in [0.15, 0.2) is 5.82 Å². The number of rotatable bonds is 7.